The highest BCUT2D eigenvalue weighted by Crippen LogP contribution is 2.67. The summed E-state index contributed by atoms with van der Waals surface area (Å²) < 4.78 is 0. The Bertz CT molecular complexity index is 652. The minimum absolute atomic E-state index is 0.0854. The average molecular weight is 363 g/mol. The van der Waals surface area contributed by atoms with Crippen LogP contribution in [0, 0.1) is 40.4 Å². The predicted molar refractivity (Wildman–Crippen MR) is 100 cm³/mol. The van der Waals surface area contributed by atoms with E-state index in [2.05, 4.69) is 20.8 Å². The third-order valence-corrected chi connectivity index (χ3v) is 9.11. The summed E-state index contributed by atoms with van der Waals surface area (Å²) in [6.45, 7) is 8.84. The van der Waals surface area contributed by atoms with Crippen LogP contribution in [-0.2, 0) is 9.59 Å². The van der Waals surface area contributed by atoms with Crippen molar-refractivity contribution < 1.29 is 9.59 Å². The van der Waals surface area contributed by atoms with Gasteiger partial charge < -0.3 is 0 Å². The molecule has 0 heterocycles. The van der Waals surface area contributed by atoms with Gasteiger partial charge >= 0.3 is 0 Å². The summed E-state index contributed by atoms with van der Waals surface area (Å²) in [5.74, 6) is 3.20. The highest BCUT2D eigenvalue weighted by atomic mass is 35.5. The van der Waals surface area contributed by atoms with Gasteiger partial charge in [-0.05, 0) is 86.0 Å². The van der Waals surface area contributed by atoms with Crippen LogP contribution in [0.2, 0.25) is 0 Å². The predicted octanol–water partition coefficient (Wildman–Crippen LogP) is 5.19. The Morgan fingerprint density at radius 3 is 2.64 bits per heavy atom. The molecule has 0 aromatic rings. The van der Waals surface area contributed by atoms with Crippen LogP contribution >= 0.6 is 11.6 Å². The van der Waals surface area contributed by atoms with Gasteiger partial charge in [0.2, 0.25) is 0 Å². The zero-order valence-electron chi connectivity index (χ0n) is 16.0. The second kappa shape index (κ2) is 5.68. The van der Waals surface area contributed by atoms with Gasteiger partial charge in [0, 0.05) is 5.92 Å². The summed E-state index contributed by atoms with van der Waals surface area (Å²) in [4.78, 5) is 24.5. The minimum Gasteiger partial charge on any atom is -0.300 e. The van der Waals surface area contributed by atoms with E-state index in [1.54, 1.807) is 6.92 Å². The molecule has 0 aliphatic heterocycles. The SMILES string of the molecule is CC(=O)[C@H]1[C@H](C)C[C@H]2[C@@H]3CCC4=CC(=O)C(Cl)C[C@]4(C)[C@H]3CC[C@@]21C. The smallest absolute Gasteiger partial charge is 0.173 e. The van der Waals surface area contributed by atoms with E-state index in [0.29, 0.717) is 29.5 Å². The summed E-state index contributed by atoms with van der Waals surface area (Å²) in [7, 11) is 0. The van der Waals surface area contributed by atoms with Gasteiger partial charge in [0.15, 0.2) is 5.78 Å². The second-order valence-corrected chi connectivity index (χ2v) is 10.4. The Balaban J connectivity index is 1.70. The number of Topliss-reactive ketones (excluding diaryl/α,β-unsaturated/α-hetero) is 1. The van der Waals surface area contributed by atoms with Crippen molar-refractivity contribution in [2.24, 2.45) is 40.4 Å². The van der Waals surface area contributed by atoms with Gasteiger partial charge in [-0.2, -0.15) is 0 Å². The molecular formula is C22H31ClO2. The lowest BCUT2D eigenvalue weighted by Gasteiger charge is -2.58. The van der Waals surface area contributed by atoms with Crippen LogP contribution in [-0.4, -0.2) is 16.9 Å². The van der Waals surface area contributed by atoms with Gasteiger partial charge in [-0.3, -0.25) is 9.59 Å². The lowest BCUT2D eigenvalue weighted by Crippen LogP contribution is -2.52. The molecule has 3 saturated carbocycles. The largest absolute Gasteiger partial charge is 0.300 e. The van der Waals surface area contributed by atoms with Crippen LogP contribution in [0.4, 0.5) is 0 Å². The van der Waals surface area contributed by atoms with E-state index < -0.39 is 0 Å². The van der Waals surface area contributed by atoms with E-state index >= 15 is 0 Å². The third kappa shape index (κ3) is 2.35. The lowest BCUT2D eigenvalue weighted by atomic mass is 9.46. The van der Waals surface area contributed by atoms with Crippen LogP contribution < -0.4 is 0 Å². The summed E-state index contributed by atoms with van der Waals surface area (Å²) in [5.41, 5.74) is 1.62. The van der Waals surface area contributed by atoms with Crippen molar-refractivity contribution in [1.82, 2.24) is 0 Å². The maximum atomic E-state index is 12.4. The first-order valence-electron chi connectivity index (χ1n) is 10.1. The average Bonchev–Trinajstić information content (AvgIpc) is 2.79. The second-order valence-electron chi connectivity index (χ2n) is 9.92. The molecule has 8 atom stereocenters. The van der Waals surface area contributed by atoms with Crippen molar-refractivity contribution >= 4 is 23.2 Å². The number of alkyl halides is 1. The number of hydrogen-bond donors (Lipinski definition) is 0. The lowest BCUT2D eigenvalue weighted by molar-refractivity contribution is -0.129. The molecule has 3 heteroatoms. The first-order chi connectivity index (χ1) is 11.7. The van der Waals surface area contributed by atoms with Crippen molar-refractivity contribution in [3.05, 3.63) is 11.6 Å². The minimum atomic E-state index is -0.353. The highest BCUT2D eigenvalue weighted by molar-refractivity contribution is 6.33. The number of fused-ring (bicyclic) bond motifs is 5. The Morgan fingerprint density at radius 1 is 1.24 bits per heavy atom. The first-order valence-corrected chi connectivity index (χ1v) is 10.5. The van der Waals surface area contributed by atoms with E-state index in [1.807, 2.05) is 6.08 Å². The van der Waals surface area contributed by atoms with Crippen LogP contribution in [0.5, 0.6) is 0 Å². The molecule has 0 aromatic heterocycles. The number of halogens is 1. The molecule has 3 fully saturated rings. The zero-order chi connectivity index (χ0) is 18.1. The molecule has 0 bridgehead atoms. The topological polar surface area (TPSA) is 34.1 Å². The van der Waals surface area contributed by atoms with Crippen LogP contribution in [0.25, 0.3) is 0 Å². The molecule has 2 nitrogen and oxygen atoms in total. The Labute approximate surface area is 156 Å². The van der Waals surface area contributed by atoms with E-state index in [4.69, 9.17) is 11.6 Å². The van der Waals surface area contributed by atoms with Crippen LogP contribution in [0.3, 0.4) is 0 Å². The van der Waals surface area contributed by atoms with E-state index in [9.17, 15) is 9.59 Å². The standard InChI is InChI=1S/C22H31ClO2/c1-12-9-17-15-6-5-14-10-19(25)18(23)11-22(14,4)16(15)7-8-21(17,3)20(12)13(2)24/h10,12,15-18,20H,5-9,11H2,1-4H3/t12-,15-,16+,17+,18?,20-,21+,22+/m1/s1. The third-order valence-electron chi connectivity index (χ3n) is 8.75. The molecule has 0 aromatic carbocycles. The molecular weight excluding hydrogens is 332 g/mol. The number of hydrogen-bond acceptors (Lipinski definition) is 2. The van der Waals surface area contributed by atoms with E-state index in [1.165, 1.54) is 24.8 Å². The quantitative estimate of drug-likeness (QED) is 0.602. The summed E-state index contributed by atoms with van der Waals surface area (Å²) in [6.07, 6.45) is 8.43. The van der Waals surface area contributed by atoms with E-state index in [-0.39, 0.29) is 27.9 Å². The fourth-order valence-corrected chi connectivity index (χ4v) is 8.19. The summed E-state index contributed by atoms with van der Waals surface area (Å²) in [6, 6.07) is 0. The summed E-state index contributed by atoms with van der Waals surface area (Å²) in [5, 5.41) is -0.353. The maximum Gasteiger partial charge on any atom is 0.173 e. The van der Waals surface area contributed by atoms with Gasteiger partial charge in [0.1, 0.15) is 5.78 Å². The fourth-order valence-electron chi connectivity index (χ4n) is 7.81. The molecule has 0 amide bonds. The van der Waals surface area contributed by atoms with Crippen LogP contribution in [0.1, 0.15) is 66.2 Å². The number of rotatable bonds is 1. The molecule has 0 N–H and O–H groups in total. The fraction of sp³-hybridized carbons (Fsp3) is 0.818. The molecule has 4 aliphatic rings. The highest BCUT2D eigenvalue weighted by Gasteiger charge is 2.61. The van der Waals surface area contributed by atoms with Crippen molar-refractivity contribution in [3.63, 3.8) is 0 Å². The molecule has 0 saturated heterocycles. The number of carbonyl (C=O) groups is 2. The number of carbonyl (C=O) groups excluding carboxylic acids is 2. The Hall–Kier alpha value is -0.630. The van der Waals surface area contributed by atoms with Crippen molar-refractivity contribution in [1.29, 1.82) is 0 Å². The first kappa shape index (κ1) is 17.8. The molecule has 25 heavy (non-hydrogen) atoms. The molecule has 4 aliphatic carbocycles. The van der Waals surface area contributed by atoms with Gasteiger partial charge in [-0.15, -0.1) is 11.6 Å². The molecule has 0 radical (unpaired) electrons. The summed E-state index contributed by atoms with van der Waals surface area (Å²) >= 11 is 6.40. The molecule has 1 unspecified atom stereocenters. The van der Waals surface area contributed by atoms with Gasteiger partial charge in [0.05, 0.1) is 5.38 Å². The van der Waals surface area contributed by atoms with Gasteiger partial charge in [-0.1, -0.05) is 26.3 Å². The van der Waals surface area contributed by atoms with Crippen LogP contribution in [0.15, 0.2) is 11.6 Å². The normalized spacial score (nSPS) is 52.0. The number of allylic oxidation sites excluding steroid dienone is 1. The zero-order valence-corrected chi connectivity index (χ0v) is 16.7. The molecule has 138 valence electrons. The van der Waals surface area contributed by atoms with Gasteiger partial charge in [-0.25, -0.2) is 0 Å². The maximum absolute atomic E-state index is 12.4. The van der Waals surface area contributed by atoms with Crippen molar-refractivity contribution in [2.75, 3.05) is 0 Å². The molecule has 4 rings (SSSR count). The van der Waals surface area contributed by atoms with Crippen molar-refractivity contribution in [2.45, 2.75) is 71.6 Å². The van der Waals surface area contributed by atoms with Gasteiger partial charge in [0.25, 0.3) is 0 Å². The monoisotopic (exact) mass is 362 g/mol. The van der Waals surface area contributed by atoms with Crippen molar-refractivity contribution in [3.8, 4) is 0 Å². The molecule has 0 spiro atoms. The van der Waals surface area contributed by atoms with E-state index in [0.717, 1.165) is 19.3 Å². The Kier molecular flexibility index (Phi) is 4.04. The number of ketones is 2. The Morgan fingerprint density at radius 2 is 1.96 bits per heavy atom.